The van der Waals surface area contributed by atoms with E-state index in [1.165, 1.54) is 4.31 Å². The Morgan fingerprint density at radius 3 is 2.76 bits per heavy atom. The van der Waals surface area contributed by atoms with E-state index in [0.717, 1.165) is 17.7 Å². The Hall–Kier alpha value is -1.11. The molecule has 0 spiro atoms. The molecule has 0 bridgehead atoms. The van der Waals surface area contributed by atoms with Gasteiger partial charge in [0.05, 0.1) is 24.2 Å². The summed E-state index contributed by atoms with van der Waals surface area (Å²) in [5, 5.41) is 3.24. The summed E-state index contributed by atoms with van der Waals surface area (Å²) < 4.78 is 32.0. The van der Waals surface area contributed by atoms with Crippen LogP contribution in [0.3, 0.4) is 0 Å². The van der Waals surface area contributed by atoms with Gasteiger partial charge in [0.25, 0.3) is 0 Å². The highest BCUT2D eigenvalue weighted by atomic mass is 32.2. The van der Waals surface area contributed by atoms with Crippen LogP contribution in [0.15, 0.2) is 24.3 Å². The zero-order valence-corrected chi connectivity index (χ0v) is 13.7. The molecule has 1 unspecified atom stereocenters. The average Bonchev–Trinajstić information content (AvgIpc) is 2.45. The molecule has 1 heterocycles. The number of nitrogens with one attached hydrogen (secondary N) is 1. The summed E-state index contributed by atoms with van der Waals surface area (Å²) in [5.74, 6) is 0.0176. The highest BCUT2D eigenvalue weighted by Gasteiger charge is 2.30. The molecule has 1 aromatic carbocycles. The topological polar surface area (TPSA) is 58.6 Å². The van der Waals surface area contributed by atoms with Crippen LogP contribution < -0.4 is 9.62 Å². The molecule has 1 aliphatic heterocycles. The third kappa shape index (κ3) is 3.75. The highest BCUT2D eigenvalue weighted by molar-refractivity contribution is 7.92. The van der Waals surface area contributed by atoms with Crippen molar-refractivity contribution in [2.75, 3.05) is 30.3 Å². The lowest BCUT2D eigenvalue weighted by atomic mass is 9.98. The fourth-order valence-electron chi connectivity index (χ4n) is 2.62. The maximum Gasteiger partial charge on any atom is 0.237 e. The predicted octanol–water partition coefficient (Wildman–Crippen LogP) is 1.91. The normalized spacial score (nSPS) is 18.9. The number of hydrogen-bond acceptors (Lipinski definition) is 4. The lowest BCUT2D eigenvalue weighted by molar-refractivity contribution is 0.0912. The zero-order chi connectivity index (χ0) is 15.5. The van der Waals surface area contributed by atoms with Crippen LogP contribution >= 0.6 is 0 Å². The van der Waals surface area contributed by atoms with Crippen molar-refractivity contribution in [2.45, 2.75) is 32.4 Å². The largest absolute Gasteiger partial charge is 0.378 e. The van der Waals surface area contributed by atoms with E-state index >= 15 is 0 Å². The maximum absolute atomic E-state index is 12.6. The molecule has 0 radical (unpaired) electrons. The van der Waals surface area contributed by atoms with Crippen molar-refractivity contribution in [3.8, 4) is 0 Å². The average molecular weight is 312 g/mol. The molecule has 5 nitrogen and oxygen atoms in total. The molecular weight excluding hydrogens is 288 g/mol. The van der Waals surface area contributed by atoms with E-state index in [-0.39, 0.29) is 24.5 Å². The van der Waals surface area contributed by atoms with E-state index in [0.29, 0.717) is 6.54 Å². The van der Waals surface area contributed by atoms with Gasteiger partial charge in [0.2, 0.25) is 10.0 Å². The molecule has 1 aliphatic rings. The van der Waals surface area contributed by atoms with E-state index in [9.17, 15) is 8.42 Å². The number of ether oxygens (including phenoxy) is 1. The summed E-state index contributed by atoms with van der Waals surface area (Å²) in [6.07, 6.45) is 0.820. The summed E-state index contributed by atoms with van der Waals surface area (Å²) in [6.45, 7) is 4.54. The monoisotopic (exact) mass is 312 g/mol. The number of sulfonamides is 1. The first-order valence-electron chi connectivity index (χ1n) is 7.34. The highest BCUT2D eigenvalue weighted by Crippen LogP contribution is 2.35. The first-order chi connectivity index (χ1) is 9.95. The lowest BCUT2D eigenvalue weighted by Gasteiger charge is -2.34. The second-order valence-corrected chi connectivity index (χ2v) is 7.51. The summed E-state index contributed by atoms with van der Waals surface area (Å²) >= 11 is 0. The van der Waals surface area contributed by atoms with Crippen molar-refractivity contribution >= 4 is 15.7 Å². The van der Waals surface area contributed by atoms with Crippen molar-refractivity contribution in [3.63, 3.8) is 0 Å². The van der Waals surface area contributed by atoms with Crippen LogP contribution in [0.5, 0.6) is 0 Å². The molecule has 0 fully saturated rings. The number of fused-ring (bicyclic) bond motifs is 1. The first-order valence-corrected chi connectivity index (χ1v) is 8.95. The van der Waals surface area contributed by atoms with Crippen LogP contribution in [-0.4, -0.2) is 40.5 Å². The third-order valence-electron chi connectivity index (χ3n) is 3.68. The fraction of sp³-hybridized carbons (Fsp3) is 0.600. The van der Waals surface area contributed by atoms with Gasteiger partial charge in [-0.1, -0.05) is 18.2 Å². The molecule has 1 N–H and O–H groups in total. The molecule has 0 aromatic heterocycles. The first kappa shape index (κ1) is 16.3. The number of hydrogen-bond donors (Lipinski definition) is 1. The molecule has 118 valence electrons. The molecule has 0 amide bonds. The Morgan fingerprint density at radius 2 is 2.10 bits per heavy atom. The smallest absolute Gasteiger partial charge is 0.237 e. The molecule has 0 saturated carbocycles. The molecular formula is C15H24N2O3S. The minimum Gasteiger partial charge on any atom is -0.378 e. The summed E-state index contributed by atoms with van der Waals surface area (Å²) in [7, 11) is -1.44. The quantitative estimate of drug-likeness (QED) is 0.872. The summed E-state index contributed by atoms with van der Waals surface area (Å²) in [5.41, 5.74) is 1.83. The predicted molar refractivity (Wildman–Crippen MR) is 85.1 cm³/mol. The van der Waals surface area contributed by atoms with E-state index in [4.69, 9.17) is 4.74 Å². The van der Waals surface area contributed by atoms with Gasteiger partial charge in [-0.3, -0.25) is 4.31 Å². The van der Waals surface area contributed by atoms with Gasteiger partial charge < -0.3 is 10.1 Å². The van der Waals surface area contributed by atoms with Crippen molar-refractivity contribution in [3.05, 3.63) is 29.8 Å². The number of rotatable bonds is 6. The Morgan fingerprint density at radius 1 is 1.38 bits per heavy atom. The number of nitrogens with zero attached hydrogens (tertiary/aromatic N) is 1. The number of anilines is 1. The fourth-order valence-corrected chi connectivity index (χ4v) is 4.00. The van der Waals surface area contributed by atoms with Crippen molar-refractivity contribution in [1.29, 1.82) is 0 Å². The van der Waals surface area contributed by atoms with E-state index in [2.05, 4.69) is 5.32 Å². The van der Waals surface area contributed by atoms with E-state index in [1.54, 1.807) is 0 Å². The van der Waals surface area contributed by atoms with Crippen LogP contribution in [-0.2, 0) is 14.8 Å². The van der Waals surface area contributed by atoms with Gasteiger partial charge >= 0.3 is 0 Å². The molecule has 2 rings (SSSR count). The van der Waals surface area contributed by atoms with Gasteiger partial charge in [0, 0.05) is 12.6 Å². The Bertz CT molecular complexity index is 572. The van der Waals surface area contributed by atoms with Crippen molar-refractivity contribution in [1.82, 2.24) is 5.32 Å². The van der Waals surface area contributed by atoms with Gasteiger partial charge in [0.1, 0.15) is 0 Å². The molecule has 6 heteroatoms. The standard InChI is InChI=1S/C15H24N2O3S/c1-12(2)20-10-11-21(18,19)17-9-8-14(16-3)13-6-4-5-7-15(13)17/h4-7,12,14,16H,8-11H2,1-3H3. The van der Waals surface area contributed by atoms with Gasteiger partial charge in [0.15, 0.2) is 0 Å². The molecule has 0 aliphatic carbocycles. The third-order valence-corrected chi connectivity index (χ3v) is 5.41. The summed E-state index contributed by atoms with van der Waals surface area (Å²) in [6, 6.07) is 7.90. The zero-order valence-electron chi connectivity index (χ0n) is 12.9. The van der Waals surface area contributed by atoms with E-state index < -0.39 is 10.0 Å². The van der Waals surface area contributed by atoms with Crippen LogP contribution in [0.25, 0.3) is 0 Å². The van der Waals surface area contributed by atoms with Crippen LogP contribution in [0.1, 0.15) is 31.9 Å². The van der Waals surface area contributed by atoms with Crippen molar-refractivity contribution in [2.24, 2.45) is 0 Å². The van der Waals surface area contributed by atoms with Gasteiger partial charge in [-0.25, -0.2) is 8.42 Å². The molecule has 1 atom stereocenters. The van der Waals surface area contributed by atoms with Crippen LogP contribution in [0.2, 0.25) is 0 Å². The lowest BCUT2D eigenvalue weighted by Crippen LogP contribution is -2.41. The van der Waals surface area contributed by atoms with Crippen molar-refractivity contribution < 1.29 is 13.2 Å². The Kier molecular flexibility index (Phi) is 5.24. The van der Waals surface area contributed by atoms with Crippen LogP contribution in [0, 0.1) is 0 Å². The Balaban J connectivity index is 2.20. The second-order valence-electron chi connectivity index (χ2n) is 5.50. The van der Waals surface area contributed by atoms with Gasteiger partial charge in [-0.15, -0.1) is 0 Å². The SMILES string of the molecule is CNC1CCN(S(=O)(=O)CCOC(C)C)c2ccccc21. The Labute approximate surface area is 127 Å². The minimum atomic E-state index is -3.34. The molecule has 0 saturated heterocycles. The number of para-hydroxylation sites is 1. The van der Waals surface area contributed by atoms with E-state index in [1.807, 2.05) is 45.2 Å². The minimum absolute atomic E-state index is 0.0176. The van der Waals surface area contributed by atoms with Crippen LogP contribution in [0.4, 0.5) is 5.69 Å². The molecule has 1 aromatic rings. The van der Waals surface area contributed by atoms with Gasteiger partial charge in [-0.05, 0) is 38.9 Å². The maximum atomic E-state index is 12.6. The second kappa shape index (κ2) is 6.77. The number of benzene rings is 1. The summed E-state index contributed by atoms with van der Waals surface area (Å²) in [4.78, 5) is 0. The molecule has 21 heavy (non-hydrogen) atoms. The van der Waals surface area contributed by atoms with Gasteiger partial charge in [-0.2, -0.15) is 0 Å².